The highest BCUT2D eigenvalue weighted by Gasteiger charge is 2.04. The van der Waals surface area contributed by atoms with Gasteiger partial charge in [-0.3, -0.25) is 10.1 Å². The van der Waals surface area contributed by atoms with E-state index in [4.69, 9.17) is 5.73 Å². The molecular weight excluding hydrogens is 180 g/mol. The number of hydrogen-bond donors (Lipinski definition) is 2. The van der Waals surface area contributed by atoms with Crippen LogP contribution in [0.5, 0.6) is 0 Å². The summed E-state index contributed by atoms with van der Waals surface area (Å²) in [7, 11) is 0. The summed E-state index contributed by atoms with van der Waals surface area (Å²) in [6, 6.07) is 6.69. The van der Waals surface area contributed by atoms with Crippen molar-refractivity contribution >= 4 is 11.9 Å². The zero-order chi connectivity index (χ0) is 10.6. The van der Waals surface area contributed by atoms with Gasteiger partial charge in [0.2, 0.25) is 5.91 Å². The summed E-state index contributed by atoms with van der Waals surface area (Å²) in [4.78, 5) is 21.4. The van der Waals surface area contributed by atoms with Gasteiger partial charge in [0.1, 0.15) is 0 Å². The van der Waals surface area contributed by atoms with Gasteiger partial charge < -0.3 is 5.73 Å². The molecule has 14 heavy (non-hydrogen) atoms. The van der Waals surface area contributed by atoms with Crippen LogP contribution < -0.4 is 11.1 Å². The predicted molar refractivity (Wildman–Crippen MR) is 52.6 cm³/mol. The summed E-state index contributed by atoms with van der Waals surface area (Å²) in [5.41, 5.74) is 6.78. The fraction of sp³-hybridized carbons (Fsp3) is 0.200. The molecule has 0 bridgehead atoms. The van der Waals surface area contributed by atoms with Crippen LogP contribution in [0.2, 0.25) is 0 Å². The minimum Gasteiger partial charge on any atom is -0.351 e. The van der Waals surface area contributed by atoms with Crippen LogP contribution in [-0.2, 0) is 11.2 Å². The first-order valence-corrected chi connectivity index (χ1v) is 4.23. The van der Waals surface area contributed by atoms with Crippen molar-refractivity contribution in [1.82, 2.24) is 5.32 Å². The Morgan fingerprint density at radius 3 is 2.36 bits per heavy atom. The van der Waals surface area contributed by atoms with Crippen LogP contribution in [0.25, 0.3) is 0 Å². The maximum absolute atomic E-state index is 11.1. The van der Waals surface area contributed by atoms with Crippen molar-refractivity contribution in [3.63, 3.8) is 0 Å². The SMILES string of the molecule is Cc1ccc(CC(=O)NC(N)=O)cc1. The van der Waals surface area contributed by atoms with E-state index in [2.05, 4.69) is 0 Å². The number of carbonyl (C=O) groups excluding carboxylic acids is 2. The van der Waals surface area contributed by atoms with E-state index in [1.807, 2.05) is 36.5 Å². The number of aryl methyl sites for hydroxylation is 1. The molecule has 0 spiro atoms. The highest BCUT2D eigenvalue weighted by Crippen LogP contribution is 2.03. The van der Waals surface area contributed by atoms with Crippen molar-refractivity contribution in [2.45, 2.75) is 13.3 Å². The number of nitrogens with two attached hydrogens (primary N) is 1. The summed E-state index contributed by atoms with van der Waals surface area (Å²) >= 11 is 0. The van der Waals surface area contributed by atoms with E-state index in [1.165, 1.54) is 0 Å². The van der Waals surface area contributed by atoms with Crippen LogP contribution in [0.3, 0.4) is 0 Å². The van der Waals surface area contributed by atoms with Crippen LogP contribution in [0.15, 0.2) is 24.3 Å². The topological polar surface area (TPSA) is 72.2 Å². The fourth-order valence-electron chi connectivity index (χ4n) is 1.07. The Morgan fingerprint density at radius 1 is 1.29 bits per heavy atom. The molecule has 1 rings (SSSR count). The standard InChI is InChI=1S/C10H12N2O2/c1-7-2-4-8(5-3-7)6-9(13)12-10(11)14/h2-5H,6H2,1H3,(H3,11,12,13,14). The van der Waals surface area contributed by atoms with Gasteiger partial charge >= 0.3 is 6.03 Å². The second kappa shape index (κ2) is 4.41. The average molecular weight is 192 g/mol. The molecule has 3 N–H and O–H groups in total. The molecule has 0 saturated carbocycles. The maximum atomic E-state index is 11.1. The lowest BCUT2D eigenvalue weighted by Crippen LogP contribution is -2.35. The Labute approximate surface area is 82.1 Å². The molecule has 0 aliphatic rings. The number of nitrogens with one attached hydrogen (secondary N) is 1. The highest BCUT2D eigenvalue weighted by atomic mass is 16.2. The highest BCUT2D eigenvalue weighted by molar-refractivity contribution is 5.94. The number of imide groups is 1. The lowest BCUT2D eigenvalue weighted by atomic mass is 10.1. The molecule has 3 amide bonds. The molecule has 74 valence electrons. The summed E-state index contributed by atoms with van der Waals surface area (Å²) in [6.45, 7) is 1.97. The van der Waals surface area contributed by atoms with Gasteiger partial charge in [0, 0.05) is 0 Å². The number of urea groups is 1. The van der Waals surface area contributed by atoms with Crippen LogP contribution in [0.1, 0.15) is 11.1 Å². The Morgan fingerprint density at radius 2 is 1.86 bits per heavy atom. The summed E-state index contributed by atoms with van der Waals surface area (Å²) in [5, 5.41) is 2.01. The first-order chi connectivity index (χ1) is 6.58. The lowest BCUT2D eigenvalue weighted by molar-refractivity contribution is -0.119. The molecule has 0 radical (unpaired) electrons. The molecule has 1 aromatic carbocycles. The van der Waals surface area contributed by atoms with E-state index in [9.17, 15) is 9.59 Å². The van der Waals surface area contributed by atoms with Gasteiger partial charge in [-0.1, -0.05) is 29.8 Å². The molecule has 0 aromatic heterocycles. The molecule has 4 nitrogen and oxygen atoms in total. The quantitative estimate of drug-likeness (QED) is 0.725. The Kier molecular flexibility index (Phi) is 3.23. The van der Waals surface area contributed by atoms with Gasteiger partial charge in [-0.05, 0) is 12.5 Å². The summed E-state index contributed by atoms with van der Waals surface area (Å²) < 4.78 is 0. The van der Waals surface area contributed by atoms with E-state index in [-0.39, 0.29) is 12.3 Å². The molecule has 1 aromatic rings. The van der Waals surface area contributed by atoms with E-state index < -0.39 is 6.03 Å². The van der Waals surface area contributed by atoms with Crippen molar-refractivity contribution in [3.05, 3.63) is 35.4 Å². The lowest BCUT2D eigenvalue weighted by Gasteiger charge is -2.01. The third kappa shape index (κ3) is 3.26. The van der Waals surface area contributed by atoms with E-state index in [0.717, 1.165) is 11.1 Å². The second-order valence-corrected chi connectivity index (χ2v) is 3.07. The number of amides is 3. The van der Waals surface area contributed by atoms with Crippen molar-refractivity contribution in [2.24, 2.45) is 5.73 Å². The largest absolute Gasteiger partial charge is 0.351 e. The van der Waals surface area contributed by atoms with Gasteiger partial charge in [0.25, 0.3) is 0 Å². The maximum Gasteiger partial charge on any atom is 0.318 e. The Bertz CT molecular complexity index is 344. The Balaban J connectivity index is 2.56. The van der Waals surface area contributed by atoms with Crippen molar-refractivity contribution in [3.8, 4) is 0 Å². The van der Waals surface area contributed by atoms with E-state index in [0.29, 0.717) is 0 Å². The molecule has 4 heteroatoms. The van der Waals surface area contributed by atoms with Gasteiger partial charge in [0.05, 0.1) is 6.42 Å². The van der Waals surface area contributed by atoms with Crippen LogP contribution >= 0.6 is 0 Å². The zero-order valence-electron chi connectivity index (χ0n) is 7.91. The number of primary amides is 1. The number of benzene rings is 1. The third-order valence-corrected chi connectivity index (χ3v) is 1.75. The van der Waals surface area contributed by atoms with Gasteiger partial charge in [0.15, 0.2) is 0 Å². The zero-order valence-corrected chi connectivity index (χ0v) is 7.91. The minimum absolute atomic E-state index is 0.170. The predicted octanol–water partition coefficient (Wildman–Crippen LogP) is 0.732. The molecule has 0 unspecified atom stereocenters. The molecule has 0 saturated heterocycles. The van der Waals surface area contributed by atoms with Crippen LogP contribution in [-0.4, -0.2) is 11.9 Å². The summed E-state index contributed by atoms with van der Waals surface area (Å²) in [6.07, 6.45) is 0.170. The monoisotopic (exact) mass is 192 g/mol. The fourth-order valence-corrected chi connectivity index (χ4v) is 1.07. The molecule has 0 aliphatic carbocycles. The molecule has 0 atom stereocenters. The molecular formula is C10H12N2O2. The Hall–Kier alpha value is -1.84. The van der Waals surface area contributed by atoms with Crippen LogP contribution in [0.4, 0.5) is 4.79 Å². The second-order valence-electron chi connectivity index (χ2n) is 3.07. The number of carbonyl (C=O) groups is 2. The molecule has 0 fully saturated rings. The van der Waals surface area contributed by atoms with Crippen LogP contribution in [0, 0.1) is 6.92 Å². The van der Waals surface area contributed by atoms with Crippen molar-refractivity contribution in [1.29, 1.82) is 0 Å². The van der Waals surface area contributed by atoms with Crippen molar-refractivity contribution in [2.75, 3.05) is 0 Å². The van der Waals surface area contributed by atoms with Gasteiger partial charge in [-0.15, -0.1) is 0 Å². The minimum atomic E-state index is -0.817. The smallest absolute Gasteiger partial charge is 0.318 e. The van der Waals surface area contributed by atoms with Gasteiger partial charge in [-0.25, -0.2) is 4.79 Å². The first-order valence-electron chi connectivity index (χ1n) is 4.23. The van der Waals surface area contributed by atoms with E-state index >= 15 is 0 Å². The normalized spacial score (nSPS) is 9.50. The average Bonchev–Trinajstić information content (AvgIpc) is 2.07. The summed E-state index contributed by atoms with van der Waals surface area (Å²) in [5.74, 6) is -0.388. The van der Waals surface area contributed by atoms with Gasteiger partial charge in [-0.2, -0.15) is 0 Å². The third-order valence-electron chi connectivity index (χ3n) is 1.75. The van der Waals surface area contributed by atoms with E-state index in [1.54, 1.807) is 0 Å². The molecule has 0 heterocycles. The molecule has 0 aliphatic heterocycles. The number of rotatable bonds is 2. The number of hydrogen-bond acceptors (Lipinski definition) is 2. The van der Waals surface area contributed by atoms with Crippen molar-refractivity contribution < 1.29 is 9.59 Å². The first kappa shape index (κ1) is 10.2.